The molecule has 0 atom stereocenters. The van der Waals surface area contributed by atoms with Crippen LogP contribution in [0.5, 0.6) is 0 Å². The van der Waals surface area contributed by atoms with Gasteiger partial charge >= 0.3 is 0 Å². The molecule has 0 amide bonds. The van der Waals surface area contributed by atoms with E-state index in [1.54, 1.807) is 0 Å². The van der Waals surface area contributed by atoms with Gasteiger partial charge < -0.3 is 9.32 Å². The first-order valence-electron chi connectivity index (χ1n) is 18.9. The zero-order valence-electron chi connectivity index (χ0n) is 30.1. The van der Waals surface area contributed by atoms with Crippen molar-refractivity contribution in [3.63, 3.8) is 0 Å². The predicted octanol–water partition coefficient (Wildman–Crippen LogP) is 14.2. The quantitative estimate of drug-likeness (QED) is 0.172. The van der Waals surface area contributed by atoms with Crippen molar-refractivity contribution in [3.8, 4) is 22.3 Å². The Hall–Kier alpha value is -7.16. The molecule has 0 bridgehead atoms. The van der Waals surface area contributed by atoms with Gasteiger partial charge in [-0.15, -0.1) is 0 Å². The number of nitrogens with zero attached hydrogens (tertiary/aromatic N) is 1. The fourth-order valence-electron chi connectivity index (χ4n) is 9.19. The van der Waals surface area contributed by atoms with Gasteiger partial charge in [0.25, 0.3) is 0 Å². The molecule has 0 radical (unpaired) electrons. The number of fused-ring (bicyclic) bond motifs is 8. The van der Waals surface area contributed by atoms with Crippen LogP contribution in [0.1, 0.15) is 22.3 Å². The summed E-state index contributed by atoms with van der Waals surface area (Å²) in [6.45, 7) is 0. The van der Waals surface area contributed by atoms with Gasteiger partial charge in [-0.3, -0.25) is 0 Å². The number of hydrogen-bond donors (Lipinski definition) is 0. The molecule has 0 N–H and O–H groups in total. The third-order valence-corrected chi connectivity index (χ3v) is 11.5. The Morgan fingerprint density at radius 2 is 0.927 bits per heavy atom. The molecule has 0 saturated carbocycles. The van der Waals surface area contributed by atoms with E-state index in [2.05, 4.69) is 217 Å². The lowest BCUT2D eigenvalue weighted by atomic mass is 9.68. The molecule has 55 heavy (non-hydrogen) atoms. The molecule has 258 valence electrons. The fourth-order valence-corrected chi connectivity index (χ4v) is 9.19. The highest BCUT2D eigenvalue weighted by molar-refractivity contribution is 6.18. The molecule has 11 rings (SSSR count). The number of furan rings is 1. The normalized spacial score (nSPS) is 12.9. The molecule has 2 nitrogen and oxygen atoms in total. The molecule has 1 heterocycles. The monoisotopic (exact) mass is 701 g/mol. The lowest BCUT2D eigenvalue weighted by Gasteiger charge is -2.34. The maximum atomic E-state index is 7.04. The summed E-state index contributed by atoms with van der Waals surface area (Å²) in [6, 6.07) is 76.9. The van der Waals surface area contributed by atoms with E-state index < -0.39 is 5.41 Å². The van der Waals surface area contributed by atoms with Crippen LogP contribution in [0.3, 0.4) is 0 Å². The van der Waals surface area contributed by atoms with Crippen molar-refractivity contribution in [2.75, 3.05) is 4.90 Å². The van der Waals surface area contributed by atoms with E-state index in [-0.39, 0.29) is 0 Å². The summed E-state index contributed by atoms with van der Waals surface area (Å²) in [5.41, 5.74) is 14.3. The summed E-state index contributed by atoms with van der Waals surface area (Å²) in [5.74, 6) is 0. The molecular weight excluding hydrogens is 667 g/mol. The molecule has 0 unspecified atom stereocenters. The minimum Gasteiger partial charge on any atom is -0.453 e. The third-order valence-electron chi connectivity index (χ3n) is 11.5. The van der Waals surface area contributed by atoms with Crippen molar-refractivity contribution in [2.24, 2.45) is 0 Å². The summed E-state index contributed by atoms with van der Waals surface area (Å²) in [5, 5.41) is 4.50. The van der Waals surface area contributed by atoms with Crippen LogP contribution in [0.4, 0.5) is 17.1 Å². The van der Waals surface area contributed by atoms with Gasteiger partial charge in [0.05, 0.1) is 16.8 Å². The predicted molar refractivity (Wildman–Crippen MR) is 229 cm³/mol. The standard InChI is InChI=1S/C53H35NO/c1-4-16-36(17-5-1)37-30-33-41(34-31-37)54(49-29-14-25-43-44-35-32-38-18-10-11-23-42(38)51(44)55-52(43)49)48-28-15-27-47-50(48)45-24-12-13-26-46(45)53(47,39-19-6-2-7-20-39)40-21-8-3-9-22-40/h1-35H. The zero-order valence-corrected chi connectivity index (χ0v) is 30.1. The summed E-state index contributed by atoms with van der Waals surface area (Å²) in [6.07, 6.45) is 0. The van der Waals surface area contributed by atoms with Crippen molar-refractivity contribution < 1.29 is 4.42 Å². The van der Waals surface area contributed by atoms with Gasteiger partial charge in [-0.25, -0.2) is 0 Å². The van der Waals surface area contributed by atoms with Crippen molar-refractivity contribution in [1.29, 1.82) is 0 Å². The average molecular weight is 702 g/mol. The van der Waals surface area contributed by atoms with Crippen LogP contribution in [0.15, 0.2) is 217 Å². The topological polar surface area (TPSA) is 16.4 Å². The van der Waals surface area contributed by atoms with E-state index in [0.717, 1.165) is 44.4 Å². The smallest absolute Gasteiger partial charge is 0.159 e. The first-order valence-corrected chi connectivity index (χ1v) is 18.9. The van der Waals surface area contributed by atoms with E-state index in [1.807, 2.05) is 0 Å². The van der Waals surface area contributed by atoms with Crippen molar-refractivity contribution >= 4 is 49.8 Å². The average Bonchev–Trinajstić information content (AvgIpc) is 3.80. The highest BCUT2D eigenvalue weighted by atomic mass is 16.3. The van der Waals surface area contributed by atoms with Crippen molar-refractivity contribution in [1.82, 2.24) is 0 Å². The molecule has 10 aromatic rings. The van der Waals surface area contributed by atoms with Crippen LogP contribution in [-0.4, -0.2) is 0 Å². The Balaban J connectivity index is 1.23. The largest absolute Gasteiger partial charge is 0.453 e. The van der Waals surface area contributed by atoms with Crippen LogP contribution < -0.4 is 4.90 Å². The first kappa shape index (κ1) is 31.4. The Bertz CT molecular complexity index is 2980. The van der Waals surface area contributed by atoms with Gasteiger partial charge in [0.15, 0.2) is 5.58 Å². The number of anilines is 3. The van der Waals surface area contributed by atoms with Crippen LogP contribution in [0.25, 0.3) is 55.0 Å². The van der Waals surface area contributed by atoms with E-state index >= 15 is 0 Å². The van der Waals surface area contributed by atoms with Gasteiger partial charge in [0, 0.05) is 27.4 Å². The second-order valence-electron chi connectivity index (χ2n) is 14.4. The van der Waals surface area contributed by atoms with Crippen molar-refractivity contribution in [3.05, 3.63) is 235 Å². The molecular formula is C53H35NO. The molecule has 0 saturated heterocycles. The summed E-state index contributed by atoms with van der Waals surface area (Å²) in [7, 11) is 0. The van der Waals surface area contributed by atoms with E-state index in [9.17, 15) is 0 Å². The molecule has 0 spiro atoms. The van der Waals surface area contributed by atoms with Crippen LogP contribution in [0, 0.1) is 0 Å². The lowest BCUT2D eigenvalue weighted by molar-refractivity contribution is 0.673. The Kier molecular flexibility index (Phi) is 7.11. The SMILES string of the molecule is c1ccc(-c2ccc(N(c3cccc4c3-c3ccccc3C4(c3ccccc3)c3ccccc3)c3cccc4c3oc3c5ccccc5ccc43)cc2)cc1. The van der Waals surface area contributed by atoms with Gasteiger partial charge in [-0.1, -0.05) is 182 Å². The molecule has 1 aliphatic carbocycles. The van der Waals surface area contributed by atoms with Gasteiger partial charge in [-0.2, -0.15) is 0 Å². The van der Waals surface area contributed by atoms with Crippen molar-refractivity contribution in [2.45, 2.75) is 5.41 Å². The molecule has 9 aromatic carbocycles. The van der Waals surface area contributed by atoms with E-state index in [0.29, 0.717) is 0 Å². The number of benzene rings is 9. The number of hydrogen-bond acceptors (Lipinski definition) is 2. The Morgan fingerprint density at radius 1 is 0.364 bits per heavy atom. The van der Waals surface area contributed by atoms with Gasteiger partial charge in [0.2, 0.25) is 0 Å². The van der Waals surface area contributed by atoms with E-state index in [4.69, 9.17) is 4.42 Å². The highest BCUT2D eigenvalue weighted by Gasteiger charge is 2.47. The maximum Gasteiger partial charge on any atom is 0.159 e. The number of rotatable bonds is 6. The molecule has 0 fully saturated rings. The van der Waals surface area contributed by atoms with Crippen LogP contribution in [-0.2, 0) is 5.41 Å². The minimum absolute atomic E-state index is 0.516. The Labute approximate surface area is 320 Å². The summed E-state index contributed by atoms with van der Waals surface area (Å²) >= 11 is 0. The lowest BCUT2D eigenvalue weighted by Crippen LogP contribution is -2.28. The fraction of sp³-hybridized carbons (Fsp3) is 0.0189. The zero-order chi connectivity index (χ0) is 36.3. The van der Waals surface area contributed by atoms with Gasteiger partial charge in [0.1, 0.15) is 5.58 Å². The number of para-hydroxylation sites is 1. The molecule has 1 aromatic heterocycles. The highest BCUT2D eigenvalue weighted by Crippen LogP contribution is 2.60. The van der Waals surface area contributed by atoms with Crippen LogP contribution in [0.2, 0.25) is 0 Å². The van der Waals surface area contributed by atoms with E-state index in [1.165, 1.54) is 49.9 Å². The van der Waals surface area contributed by atoms with Gasteiger partial charge in [-0.05, 0) is 74.7 Å². The second kappa shape index (κ2) is 12.5. The van der Waals surface area contributed by atoms with Crippen LogP contribution >= 0.6 is 0 Å². The Morgan fingerprint density at radius 3 is 1.69 bits per heavy atom. The summed E-state index contributed by atoms with van der Waals surface area (Å²) in [4.78, 5) is 2.42. The third kappa shape index (κ3) is 4.68. The molecule has 2 heteroatoms. The molecule has 0 aliphatic heterocycles. The second-order valence-corrected chi connectivity index (χ2v) is 14.4. The maximum absolute atomic E-state index is 7.04. The first-order chi connectivity index (χ1) is 27.3. The summed E-state index contributed by atoms with van der Waals surface area (Å²) < 4.78 is 7.04. The minimum atomic E-state index is -0.516. The molecule has 1 aliphatic rings.